The van der Waals surface area contributed by atoms with E-state index < -0.39 is 5.97 Å². The molecule has 262 valence electrons. The van der Waals surface area contributed by atoms with Gasteiger partial charge in [0.1, 0.15) is 0 Å². The summed E-state index contributed by atoms with van der Waals surface area (Å²) in [7, 11) is 0. The maximum atomic E-state index is 15.1. The van der Waals surface area contributed by atoms with E-state index in [0.717, 1.165) is 83.7 Å². The number of anilines is 4. The number of carboxylic acid groups (broad SMARTS) is 1. The molecule has 13 heteroatoms. The van der Waals surface area contributed by atoms with Crippen molar-refractivity contribution in [3.63, 3.8) is 0 Å². The monoisotopic (exact) mass is 723 g/mol. The van der Waals surface area contributed by atoms with E-state index in [1.807, 2.05) is 42.2 Å². The van der Waals surface area contributed by atoms with Gasteiger partial charge in [-0.1, -0.05) is 29.5 Å². The zero-order chi connectivity index (χ0) is 35.2. The molecule has 3 saturated carbocycles. The van der Waals surface area contributed by atoms with Crippen molar-refractivity contribution in [2.45, 2.75) is 63.7 Å². The minimum Gasteiger partial charge on any atom is -0.491 e. The number of benzene rings is 2. The van der Waals surface area contributed by atoms with Crippen LogP contribution in [0.4, 0.5) is 26.3 Å². The van der Waals surface area contributed by atoms with E-state index in [-0.39, 0.29) is 29.3 Å². The van der Waals surface area contributed by atoms with Crippen LogP contribution in [0.25, 0.3) is 10.2 Å². The number of fused-ring (bicyclic) bond motifs is 2. The van der Waals surface area contributed by atoms with E-state index in [2.05, 4.69) is 36.7 Å². The van der Waals surface area contributed by atoms with Crippen molar-refractivity contribution in [1.29, 1.82) is 0 Å². The number of carbonyl (C=O) groups is 1. The van der Waals surface area contributed by atoms with Crippen LogP contribution in [0.5, 0.6) is 5.75 Å². The summed E-state index contributed by atoms with van der Waals surface area (Å²) in [4.78, 5) is 24.1. The number of hydrogen-bond donors (Lipinski definition) is 3. The van der Waals surface area contributed by atoms with Gasteiger partial charge in [-0.05, 0) is 92.5 Å². The quantitative estimate of drug-likeness (QED) is 0.0781. The highest BCUT2D eigenvalue weighted by Gasteiger charge is 2.67. The number of hydrogen-bond acceptors (Lipinski definition) is 11. The zero-order valence-electron chi connectivity index (χ0n) is 28.3. The number of ether oxygens (including phenoxy) is 1. The predicted octanol–water partition coefficient (Wildman–Crippen LogP) is 7.56. The number of nitrogens with one attached hydrogen (secondary N) is 2. The molecule has 5 aromatic rings. The molecule has 0 amide bonds. The summed E-state index contributed by atoms with van der Waals surface area (Å²) in [6.45, 7) is 4.73. The Morgan fingerprint density at radius 1 is 1.16 bits per heavy atom. The van der Waals surface area contributed by atoms with Crippen LogP contribution in [0.1, 0.15) is 70.6 Å². The average Bonchev–Trinajstić information content (AvgIpc) is 3.71. The van der Waals surface area contributed by atoms with Gasteiger partial charge in [0, 0.05) is 42.1 Å². The fraction of sp³-hybridized carbons (Fsp3) is 0.395. The van der Waals surface area contributed by atoms with Gasteiger partial charge >= 0.3 is 5.97 Å². The van der Waals surface area contributed by atoms with E-state index in [1.165, 1.54) is 11.3 Å². The van der Waals surface area contributed by atoms with Crippen molar-refractivity contribution in [3.05, 3.63) is 75.5 Å². The third-order valence-corrected chi connectivity index (χ3v) is 12.6. The molecule has 9 rings (SSSR count). The first kappa shape index (κ1) is 33.5. The summed E-state index contributed by atoms with van der Waals surface area (Å²) >= 11 is 2.91. The van der Waals surface area contributed by atoms with E-state index in [9.17, 15) is 9.90 Å². The lowest BCUT2D eigenvalue weighted by Crippen LogP contribution is -2.67. The fourth-order valence-electron chi connectivity index (χ4n) is 8.07. The van der Waals surface area contributed by atoms with Gasteiger partial charge < -0.3 is 25.4 Å². The first-order valence-corrected chi connectivity index (χ1v) is 19.0. The first-order chi connectivity index (χ1) is 24.8. The van der Waals surface area contributed by atoms with Crippen molar-refractivity contribution in [2.75, 3.05) is 36.5 Å². The summed E-state index contributed by atoms with van der Waals surface area (Å²) in [5.41, 5.74) is 4.44. The summed E-state index contributed by atoms with van der Waals surface area (Å²) in [6.07, 6.45) is 11.9. The molecule has 3 aliphatic carbocycles. The first-order valence-electron chi connectivity index (χ1n) is 17.3. The highest BCUT2D eigenvalue weighted by Crippen LogP contribution is 2.73. The Hall–Kier alpha value is -4.64. The maximum Gasteiger partial charge on any atom is 0.355 e. The third kappa shape index (κ3) is 6.30. The number of para-hydroxylation sites is 1. The van der Waals surface area contributed by atoms with Crippen LogP contribution < -0.4 is 20.3 Å². The lowest BCUT2D eigenvalue weighted by atomic mass is 9.33. The Balaban J connectivity index is 0.894. The molecule has 0 saturated heterocycles. The zero-order valence-corrected chi connectivity index (χ0v) is 29.9. The van der Waals surface area contributed by atoms with Gasteiger partial charge in [0.25, 0.3) is 0 Å². The molecule has 10 nitrogen and oxygen atoms in total. The number of aryl methyl sites for hydroxylation is 1. The second-order valence-corrected chi connectivity index (χ2v) is 16.0. The molecule has 3 fully saturated rings. The van der Waals surface area contributed by atoms with Gasteiger partial charge in [0.2, 0.25) is 0 Å². The molecule has 4 heterocycles. The largest absolute Gasteiger partial charge is 0.491 e. The van der Waals surface area contributed by atoms with Gasteiger partial charge in [0.05, 0.1) is 16.8 Å². The summed E-state index contributed by atoms with van der Waals surface area (Å²) < 4.78 is 22.1. The molecule has 0 spiro atoms. The van der Waals surface area contributed by atoms with E-state index in [0.29, 0.717) is 46.4 Å². The smallest absolute Gasteiger partial charge is 0.355 e. The topological polar surface area (TPSA) is 125 Å². The van der Waals surface area contributed by atoms with Crippen LogP contribution in [0.2, 0.25) is 0 Å². The number of halogens is 1. The van der Waals surface area contributed by atoms with Crippen molar-refractivity contribution in [2.24, 2.45) is 5.41 Å². The molecular weight excluding hydrogens is 686 g/mol. The highest BCUT2D eigenvalue weighted by atomic mass is 32.1. The molecule has 0 unspecified atom stereocenters. The molecule has 3 N–H and O–H groups in total. The minimum atomic E-state index is -1.08. The fourth-order valence-corrected chi connectivity index (χ4v) is 10.1. The van der Waals surface area contributed by atoms with E-state index in [1.54, 1.807) is 23.5 Å². The Bertz CT molecular complexity index is 2120. The molecule has 4 aliphatic rings. The Kier molecular flexibility index (Phi) is 8.86. The van der Waals surface area contributed by atoms with Gasteiger partial charge in [-0.15, -0.1) is 33.9 Å². The van der Waals surface area contributed by atoms with Crippen LogP contribution >= 0.6 is 22.7 Å². The second-order valence-electron chi connectivity index (χ2n) is 14.0. The molecular formula is C38H38FN7O3S2. The van der Waals surface area contributed by atoms with E-state index in [4.69, 9.17) is 11.2 Å². The Labute approximate surface area is 303 Å². The van der Waals surface area contributed by atoms with Crippen molar-refractivity contribution >= 4 is 60.8 Å². The average molecular weight is 724 g/mol. The van der Waals surface area contributed by atoms with Gasteiger partial charge in [-0.3, -0.25) is 0 Å². The van der Waals surface area contributed by atoms with E-state index >= 15 is 4.39 Å². The maximum absolute atomic E-state index is 15.1. The van der Waals surface area contributed by atoms with Crippen molar-refractivity contribution in [1.82, 2.24) is 25.5 Å². The van der Waals surface area contributed by atoms with Crippen molar-refractivity contribution in [3.8, 4) is 18.1 Å². The number of aromatic carboxylic acids is 1. The molecule has 2 aromatic carbocycles. The molecule has 51 heavy (non-hydrogen) atoms. The van der Waals surface area contributed by atoms with Crippen LogP contribution in [-0.2, 0) is 18.3 Å². The normalized spacial score (nSPS) is 20.3. The van der Waals surface area contributed by atoms with Crippen LogP contribution in [0.3, 0.4) is 0 Å². The molecule has 3 aromatic heterocycles. The summed E-state index contributed by atoms with van der Waals surface area (Å²) in [5, 5.41) is 27.2. The number of rotatable bonds is 14. The van der Waals surface area contributed by atoms with Gasteiger partial charge in [0.15, 0.2) is 39.2 Å². The molecule has 0 atom stereocenters. The number of terminal acetylenes is 1. The number of thiazole rings is 2. The van der Waals surface area contributed by atoms with Crippen LogP contribution in [0, 0.1) is 30.5 Å². The number of nitrogens with zero attached hydrogens (tertiary/aromatic N) is 5. The van der Waals surface area contributed by atoms with Crippen LogP contribution in [0.15, 0.2) is 42.5 Å². The highest BCUT2D eigenvalue weighted by molar-refractivity contribution is 7.22. The molecule has 1 aliphatic heterocycles. The standard InChI is InChI=1S/C38H38FN7O3S2/c1-3-4-15-40-22-37-19-38(20-37,21-37)24-13-14-28(26(39)18-24)49-17-8-12-30-31(34(47)48)42-36(51-30)46-16-7-9-25-23(2)32(44-45-33(25)46)43-35-41-27-10-5-6-11-29(27)50-35/h1,5-6,10-11,13-14,18,40H,4,7-9,12,15-17,19-22H2,2H3,(H,47,48)(H,41,43,44). The van der Waals surface area contributed by atoms with Crippen molar-refractivity contribution < 1.29 is 19.0 Å². The summed E-state index contributed by atoms with van der Waals surface area (Å²) in [6, 6.07) is 13.3. The molecule has 2 bridgehead atoms. The van der Waals surface area contributed by atoms with Gasteiger partial charge in [-0.2, -0.15) is 0 Å². The predicted molar refractivity (Wildman–Crippen MR) is 199 cm³/mol. The molecule has 0 radical (unpaired) electrons. The lowest BCUT2D eigenvalue weighted by molar-refractivity contribution is -0.137. The number of aromatic nitrogens is 4. The van der Waals surface area contributed by atoms with Crippen LogP contribution in [-0.4, -0.2) is 57.5 Å². The van der Waals surface area contributed by atoms with Gasteiger partial charge in [-0.25, -0.2) is 19.2 Å². The third-order valence-electron chi connectivity index (χ3n) is 10.5. The summed E-state index contributed by atoms with van der Waals surface area (Å²) in [5.74, 6) is 2.78. The minimum absolute atomic E-state index is 0.0269. The Morgan fingerprint density at radius 2 is 2.00 bits per heavy atom. The SMILES string of the molecule is C#CCCNCC12CC(c3ccc(OCCCc4sc(N5CCCc6c5nnc(Nc5nc7ccccc7s5)c6C)nc4C(=O)O)c(F)c3)(C1)C2. The lowest BCUT2D eigenvalue weighted by Gasteiger charge is -2.71. The Morgan fingerprint density at radius 3 is 2.78 bits per heavy atom. The number of carboxylic acids is 1. The second kappa shape index (κ2) is 13.5.